The van der Waals surface area contributed by atoms with Crippen LogP contribution in [-0.2, 0) is 6.42 Å². The van der Waals surface area contributed by atoms with Crippen molar-refractivity contribution < 1.29 is 0 Å². The second-order valence-corrected chi connectivity index (χ2v) is 8.74. The van der Waals surface area contributed by atoms with Gasteiger partial charge in [-0.3, -0.25) is 9.89 Å². The smallest absolute Gasteiger partial charge is 0.188 e. The van der Waals surface area contributed by atoms with E-state index in [1.807, 2.05) is 11.3 Å². The molecule has 0 aromatic carbocycles. The molecule has 2 aromatic heterocycles. The Bertz CT molecular complexity index is 628. The molecule has 0 aliphatic carbocycles. The van der Waals surface area contributed by atoms with Crippen molar-refractivity contribution in [3.05, 3.63) is 44.8 Å². The summed E-state index contributed by atoms with van der Waals surface area (Å²) >= 11 is 3.61. The predicted octanol–water partition coefficient (Wildman–Crippen LogP) is 3.73. The molecule has 2 aromatic rings. The fourth-order valence-corrected chi connectivity index (χ4v) is 4.78. The van der Waals surface area contributed by atoms with Gasteiger partial charge in [-0.2, -0.15) is 0 Å². The Morgan fingerprint density at radius 1 is 1.28 bits per heavy atom. The third-order valence-corrected chi connectivity index (χ3v) is 6.73. The fraction of sp³-hybridized carbons (Fsp3) is 0.526. The van der Waals surface area contributed by atoms with Gasteiger partial charge in [0.25, 0.3) is 0 Å². The van der Waals surface area contributed by atoms with E-state index in [-0.39, 0.29) is 0 Å². The zero-order valence-corrected chi connectivity index (χ0v) is 16.5. The normalized spacial score (nSPS) is 18.4. The Kier molecular flexibility index (Phi) is 6.90. The first-order valence-corrected chi connectivity index (χ1v) is 10.8. The van der Waals surface area contributed by atoms with Gasteiger partial charge < -0.3 is 11.1 Å². The predicted molar refractivity (Wildman–Crippen MR) is 110 cm³/mol. The summed E-state index contributed by atoms with van der Waals surface area (Å²) in [7, 11) is 0. The number of rotatable bonds is 7. The van der Waals surface area contributed by atoms with Crippen LogP contribution in [0, 0.1) is 5.92 Å². The van der Waals surface area contributed by atoms with Gasteiger partial charge in [-0.15, -0.1) is 22.7 Å². The van der Waals surface area contributed by atoms with E-state index < -0.39 is 0 Å². The SMILES string of the molecule is CC1CCN(C(CN=C(N)NCCc2cccs2)c2cccs2)CC1. The zero-order chi connectivity index (χ0) is 17.5. The topological polar surface area (TPSA) is 53.6 Å². The van der Waals surface area contributed by atoms with E-state index in [9.17, 15) is 0 Å². The molecule has 0 bridgehead atoms. The first kappa shape index (κ1) is 18.4. The first-order chi connectivity index (χ1) is 12.2. The molecule has 1 atom stereocenters. The molecule has 1 aliphatic rings. The summed E-state index contributed by atoms with van der Waals surface area (Å²) in [6.07, 6.45) is 3.55. The van der Waals surface area contributed by atoms with Crippen LogP contribution >= 0.6 is 22.7 Å². The van der Waals surface area contributed by atoms with E-state index in [4.69, 9.17) is 5.73 Å². The van der Waals surface area contributed by atoms with Crippen molar-refractivity contribution in [2.45, 2.75) is 32.2 Å². The van der Waals surface area contributed by atoms with Crippen molar-refractivity contribution in [3.63, 3.8) is 0 Å². The van der Waals surface area contributed by atoms with Crippen LogP contribution in [-0.4, -0.2) is 37.0 Å². The number of aliphatic imine (C=N–C) groups is 1. The van der Waals surface area contributed by atoms with Gasteiger partial charge in [-0.1, -0.05) is 19.1 Å². The minimum atomic E-state index is 0.352. The van der Waals surface area contributed by atoms with Gasteiger partial charge in [-0.05, 0) is 61.2 Å². The zero-order valence-electron chi connectivity index (χ0n) is 14.9. The van der Waals surface area contributed by atoms with Crippen molar-refractivity contribution in [3.8, 4) is 0 Å². The number of likely N-dealkylation sites (tertiary alicyclic amines) is 1. The number of guanidine groups is 1. The van der Waals surface area contributed by atoms with Gasteiger partial charge in [0.05, 0.1) is 12.6 Å². The second-order valence-electron chi connectivity index (χ2n) is 6.73. The number of nitrogens with one attached hydrogen (secondary N) is 1. The molecule has 1 aliphatic heterocycles. The lowest BCUT2D eigenvalue weighted by molar-refractivity contribution is 0.143. The second kappa shape index (κ2) is 9.36. The first-order valence-electron chi connectivity index (χ1n) is 9.06. The average Bonchev–Trinajstić information content (AvgIpc) is 3.30. The third-order valence-electron chi connectivity index (χ3n) is 4.82. The number of piperidine rings is 1. The number of nitrogens with zero attached hydrogens (tertiary/aromatic N) is 2. The largest absolute Gasteiger partial charge is 0.370 e. The van der Waals surface area contributed by atoms with Crippen LogP contribution in [0.2, 0.25) is 0 Å². The number of hydrogen-bond donors (Lipinski definition) is 2. The summed E-state index contributed by atoms with van der Waals surface area (Å²) in [5.74, 6) is 1.40. The maximum atomic E-state index is 6.09. The maximum Gasteiger partial charge on any atom is 0.188 e. The summed E-state index contributed by atoms with van der Waals surface area (Å²) in [5.41, 5.74) is 6.09. The maximum absolute atomic E-state index is 6.09. The number of thiophene rings is 2. The van der Waals surface area contributed by atoms with Crippen LogP contribution < -0.4 is 11.1 Å². The quantitative estimate of drug-likeness (QED) is 0.572. The van der Waals surface area contributed by atoms with Crippen LogP contribution in [0.1, 0.15) is 35.6 Å². The molecule has 0 radical (unpaired) electrons. The molecule has 1 fully saturated rings. The van der Waals surface area contributed by atoms with Crippen molar-refractivity contribution in [2.24, 2.45) is 16.6 Å². The van der Waals surface area contributed by atoms with Crippen LogP contribution in [0.5, 0.6) is 0 Å². The summed E-state index contributed by atoms with van der Waals surface area (Å²) in [6, 6.07) is 8.95. The van der Waals surface area contributed by atoms with Gasteiger partial charge in [0, 0.05) is 16.3 Å². The molecule has 6 heteroatoms. The molecular weight excluding hydrogens is 348 g/mol. The molecule has 1 unspecified atom stereocenters. The fourth-order valence-electron chi connectivity index (χ4n) is 3.22. The molecule has 136 valence electrons. The van der Waals surface area contributed by atoms with Crippen molar-refractivity contribution in [1.29, 1.82) is 0 Å². The Balaban J connectivity index is 1.54. The molecule has 25 heavy (non-hydrogen) atoms. The molecule has 1 saturated heterocycles. The van der Waals surface area contributed by atoms with Crippen molar-refractivity contribution in [1.82, 2.24) is 10.2 Å². The molecule has 3 N–H and O–H groups in total. The lowest BCUT2D eigenvalue weighted by atomic mass is 9.97. The highest BCUT2D eigenvalue weighted by Gasteiger charge is 2.25. The highest BCUT2D eigenvalue weighted by molar-refractivity contribution is 7.10. The summed E-state index contributed by atoms with van der Waals surface area (Å²) in [4.78, 5) is 9.99. The van der Waals surface area contributed by atoms with E-state index in [0.717, 1.165) is 38.5 Å². The van der Waals surface area contributed by atoms with E-state index in [2.05, 4.69) is 57.2 Å². The molecule has 0 saturated carbocycles. The summed E-state index contributed by atoms with van der Waals surface area (Å²) in [5, 5.41) is 7.51. The highest BCUT2D eigenvalue weighted by Crippen LogP contribution is 2.29. The lowest BCUT2D eigenvalue weighted by Gasteiger charge is -2.35. The summed E-state index contributed by atoms with van der Waals surface area (Å²) < 4.78 is 0. The molecule has 3 rings (SSSR count). The lowest BCUT2D eigenvalue weighted by Crippen LogP contribution is -2.38. The van der Waals surface area contributed by atoms with Crippen LogP contribution in [0.4, 0.5) is 0 Å². The number of hydrogen-bond acceptors (Lipinski definition) is 4. The van der Waals surface area contributed by atoms with Gasteiger partial charge in [0.15, 0.2) is 5.96 Å². The Hall–Kier alpha value is -1.37. The average molecular weight is 377 g/mol. The Labute approximate surface area is 158 Å². The monoisotopic (exact) mass is 376 g/mol. The Morgan fingerprint density at radius 3 is 2.72 bits per heavy atom. The van der Waals surface area contributed by atoms with Crippen LogP contribution in [0.15, 0.2) is 40.0 Å². The molecule has 0 amide bonds. The molecule has 4 nitrogen and oxygen atoms in total. The summed E-state index contributed by atoms with van der Waals surface area (Å²) in [6.45, 7) is 6.23. The Morgan fingerprint density at radius 2 is 2.04 bits per heavy atom. The van der Waals surface area contributed by atoms with Gasteiger partial charge in [0.1, 0.15) is 0 Å². The van der Waals surface area contributed by atoms with Crippen LogP contribution in [0.3, 0.4) is 0 Å². The minimum absolute atomic E-state index is 0.352. The molecule has 3 heterocycles. The number of nitrogens with two attached hydrogens (primary N) is 1. The van der Waals surface area contributed by atoms with Crippen molar-refractivity contribution in [2.75, 3.05) is 26.2 Å². The van der Waals surface area contributed by atoms with E-state index >= 15 is 0 Å². The van der Waals surface area contributed by atoms with Crippen LogP contribution in [0.25, 0.3) is 0 Å². The van der Waals surface area contributed by atoms with E-state index in [0.29, 0.717) is 12.0 Å². The van der Waals surface area contributed by atoms with E-state index in [1.165, 1.54) is 22.6 Å². The van der Waals surface area contributed by atoms with Crippen molar-refractivity contribution >= 4 is 28.6 Å². The molecular formula is C19H28N4S2. The highest BCUT2D eigenvalue weighted by atomic mass is 32.1. The van der Waals surface area contributed by atoms with E-state index in [1.54, 1.807) is 11.3 Å². The van der Waals surface area contributed by atoms with Gasteiger partial charge >= 0.3 is 0 Å². The van der Waals surface area contributed by atoms with Gasteiger partial charge in [0.2, 0.25) is 0 Å². The third kappa shape index (κ3) is 5.56. The minimum Gasteiger partial charge on any atom is -0.370 e. The van der Waals surface area contributed by atoms with Gasteiger partial charge in [-0.25, -0.2) is 0 Å². The standard InChI is InChI=1S/C19H28N4S2/c1-15-7-10-23(11-8-15)17(18-5-3-13-25-18)14-22-19(20)21-9-6-16-4-2-12-24-16/h2-5,12-13,15,17H,6-11,14H2,1H3,(H3,20,21,22). The molecule has 0 spiro atoms.